The third-order valence-corrected chi connectivity index (χ3v) is 4.65. The molecule has 0 atom stereocenters. The van der Waals surface area contributed by atoms with E-state index in [1.165, 1.54) is 12.1 Å². The molecule has 1 aromatic carbocycles. The second-order valence-electron chi connectivity index (χ2n) is 5.60. The number of aromatic nitrogens is 4. The Labute approximate surface area is 155 Å². The molecule has 0 amide bonds. The van der Waals surface area contributed by atoms with Crippen LogP contribution < -0.4 is 10.1 Å². The molecule has 10 nitrogen and oxygen atoms in total. The fourth-order valence-corrected chi connectivity index (χ4v) is 2.95. The van der Waals surface area contributed by atoms with Crippen LogP contribution in [0.2, 0.25) is 0 Å². The highest BCUT2D eigenvalue weighted by Gasteiger charge is 2.14. The monoisotopic (exact) mass is 393 g/mol. The van der Waals surface area contributed by atoms with E-state index in [0.717, 1.165) is 5.56 Å². The van der Waals surface area contributed by atoms with Crippen LogP contribution in [0.1, 0.15) is 12.5 Å². The molecule has 0 fully saturated rings. The lowest BCUT2D eigenvalue weighted by Crippen LogP contribution is -2.09. The van der Waals surface area contributed by atoms with Crippen molar-refractivity contribution in [2.45, 2.75) is 24.9 Å². The van der Waals surface area contributed by atoms with Gasteiger partial charge < -0.3 is 15.2 Å². The lowest BCUT2D eigenvalue weighted by Gasteiger charge is -2.10. The molecule has 2 aromatic heterocycles. The Morgan fingerprint density at radius 2 is 1.96 bits per heavy atom. The summed E-state index contributed by atoms with van der Waals surface area (Å²) in [7, 11) is -4.22. The van der Waals surface area contributed by atoms with Crippen LogP contribution in [-0.2, 0) is 23.2 Å². The van der Waals surface area contributed by atoms with Gasteiger partial charge in [-0.25, -0.2) is 4.68 Å². The van der Waals surface area contributed by atoms with Crippen LogP contribution in [0.25, 0.3) is 11.0 Å². The van der Waals surface area contributed by atoms with E-state index in [9.17, 15) is 8.42 Å². The molecule has 0 radical (unpaired) electrons. The lowest BCUT2D eigenvalue weighted by molar-refractivity contribution is 0.192. The topological polar surface area (TPSA) is 139 Å². The molecule has 0 saturated carbocycles. The quantitative estimate of drug-likeness (QED) is 0.479. The van der Waals surface area contributed by atoms with E-state index in [4.69, 9.17) is 14.4 Å². The van der Waals surface area contributed by atoms with Crippen molar-refractivity contribution in [3.8, 4) is 6.01 Å². The van der Waals surface area contributed by atoms with Gasteiger partial charge in [0.2, 0.25) is 0 Å². The molecule has 0 aliphatic rings. The fraction of sp³-hybridized carbons (Fsp3) is 0.312. The molecule has 2 heterocycles. The molecule has 0 aliphatic heterocycles. The molecular formula is C16H19N5O5S. The molecule has 27 heavy (non-hydrogen) atoms. The lowest BCUT2D eigenvalue weighted by atomic mass is 10.2. The molecule has 3 rings (SSSR count). The van der Waals surface area contributed by atoms with Crippen LogP contribution in [0.4, 0.5) is 5.82 Å². The summed E-state index contributed by atoms with van der Waals surface area (Å²) in [6.07, 6.45) is 1.65. The van der Waals surface area contributed by atoms with Gasteiger partial charge in [0.15, 0.2) is 5.65 Å². The van der Waals surface area contributed by atoms with E-state index >= 15 is 0 Å². The molecule has 3 N–H and O–H groups in total. The maximum Gasteiger partial charge on any atom is 0.320 e. The molecule has 0 saturated heterocycles. The van der Waals surface area contributed by atoms with Crippen LogP contribution in [0.5, 0.6) is 6.01 Å². The van der Waals surface area contributed by atoms with Gasteiger partial charge in [-0.2, -0.15) is 23.5 Å². The van der Waals surface area contributed by atoms with Gasteiger partial charge in [0.25, 0.3) is 10.1 Å². The van der Waals surface area contributed by atoms with Crippen LogP contribution in [0.3, 0.4) is 0 Å². The van der Waals surface area contributed by atoms with Crippen LogP contribution in [0.15, 0.2) is 35.4 Å². The number of nitrogens with one attached hydrogen (secondary N) is 1. The van der Waals surface area contributed by atoms with E-state index in [-0.39, 0.29) is 24.1 Å². The summed E-state index contributed by atoms with van der Waals surface area (Å²) in [5, 5.41) is 17.1. The van der Waals surface area contributed by atoms with E-state index in [1.54, 1.807) is 23.0 Å². The van der Waals surface area contributed by atoms with Gasteiger partial charge in [0, 0.05) is 13.1 Å². The minimum Gasteiger partial charge on any atom is -0.461 e. The van der Waals surface area contributed by atoms with Gasteiger partial charge in [0.1, 0.15) is 12.4 Å². The fourth-order valence-electron chi connectivity index (χ4n) is 2.47. The SMILES string of the molecule is CCn1ncc2c(NCc3ccc(S(=O)(=O)O)cc3)nc(OCCO)nc21. The number of ether oxygens (including phenoxy) is 1. The molecule has 0 spiro atoms. The van der Waals surface area contributed by atoms with E-state index in [1.807, 2.05) is 6.92 Å². The Morgan fingerprint density at radius 1 is 1.22 bits per heavy atom. The molecule has 11 heteroatoms. The zero-order chi connectivity index (χ0) is 19.4. The maximum atomic E-state index is 11.1. The van der Waals surface area contributed by atoms with Crippen molar-refractivity contribution in [1.29, 1.82) is 0 Å². The second-order valence-corrected chi connectivity index (χ2v) is 7.02. The number of aliphatic hydroxyl groups is 1. The normalized spacial score (nSPS) is 11.7. The number of hydrogen-bond donors (Lipinski definition) is 3. The summed E-state index contributed by atoms with van der Waals surface area (Å²) >= 11 is 0. The smallest absolute Gasteiger partial charge is 0.320 e. The highest BCUT2D eigenvalue weighted by atomic mass is 32.2. The zero-order valence-corrected chi connectivity index (χ0v) is 15.3. The van der Waals surface area contributed by atoms with Crippen molar-refractivity contribution in [2.24, 2.45) is 0 Å². The number of nitrogens with zero attached hydrogens (tertiary/aromatic N) is 4. The van der Waals surface area contributed by atoms with Crippen LogP contribution in [-0.4, -0.2) is 51.0 Å². The predicted molar refractivity (Wildman–Crippen MR) is 97.2 cm³/mol. The van der Waals surface area contributed by atoms with Crippen LogP contribution >= 0.6 is 0 Å². The minimum atomic E-state index is -4.22. The number of aliphatic hydroxyl groups excluding tert-OH is 1. The predicted octanol–water partition coefficient (Wildman–Crippen LogP) is 1.08. The van der Waals surface area contributed by atoms with Gasteiger partial charge in [-0.3, -0.25) is 4.55 Å². The van der Waals surface area contributed by atoms with Gasteiger partial charge >= 0.3 is 6.01 Å². The Kier molecular flexibility index (Phi) is 5.54. The molecule has 3 aromatic rings. The van der Waals surface area contributed by atoms with Crippen molar-refractivity contribution < 1.29 is 22.8 Å². The highest BCUT2D eigenvalue weighted by molar-refractivity contribution is 7.85. The Balaban J connectivity index is 1.86. The van der Waals surface area contributed by atoms with Gasteiger partial charge in [0.05, 0.1) is 23.1 Å². The van der Waals surface area contributed by atoms with Crippen molar-refractivity contribution in [3.63, 3.8) is 0 Å². The van der Waals surface area contributed by atoms with Gasteiger partial charge in [-0.1, -0.05) is 12.1 Å². The number of fused-ring (bicyclic) bond motifs is 1. The Morgan fingerprint density at radius 3 is 2.59 bits per heavy atom. The summed E-state index contributed by atoms with van der Waals surface area (Å²) in [5.41, 5.74) is 1.39. The zero-order valence-electron chi connectivity index (χ0n) is 14.5. The summed E-state index contributed by atoms with van der Waals surface area (Å²) in [6.45, 7) is 2.83. The molecular weight excluding hydrogens is 374 g/mol. The average Bonchev–Trinajstić information content (AvgIpc) is 3.07. The first-order valence-corrected chi connectivity index (χ1v) is 9.64. The molecule has 0 unspecified atom stereocenters. The second kappa shape index (κ2) is 7.86. The van der Waals surface area contributed by atoms with Crippen molar-refractivity contribution in [3.05, 3.63) is 36.0 Å². The summed E-state index contributed by atoms with van der Waals surface area (Å²) < 4.78 is 38.3. The third kappa shape index (κ3) is 4.32. The Bertz CT molecular complexity index is 1030. The molecule has 144 valence electrons. The summed E-state index contributed by atoms with van der Waals surface area (Å²) in [5.74, 6) is 0.506. The van der Waals surface area contributed by atoms with Crippen LogP contribution in [0, 0.1) is 0 Å². The largest absolute Gasteiger partial charge is 0.461 e. The van der Waals surface area contributed by atoms with Gasteiger partial charge in [-0.05, 0) is 24.6 Å². The highest BCUT2D eigenvalue weighted by Crippen LogP contribution is 2.23. The number of hydrogen-bond acceptors (Lipinski definition) is 8. The Hall–Kier alpha value is -2.76. The third-order valence-electron chi connectivity index (χ3n) is 3.78. The summed E-state index contributed by atoms with van der Waals surface area (Å²) in [4.78, 5) is 8.47. The molecule has 0 aliphatic carbocycles. The van der Waals surface area contributed by atoms with E-state index in [0.29, 0.717) is 29.9 Å². The van der Waals surface area contributed by atoms with E-state index < -0.39 is 10.1 Å². The van der Waals surface area contributed by atoms with E-state index in [2.05, 4.69) is 20.4 Å². The van der Waals surface area contributed by atoms with Crippen molar-refractivity contribution >= 4 is 27.0 Å². The number of anilines is 1. The number of aryl methyl sites for hydroxylation is 1. The summed E-state index contributed by atoms with van der Waals surface area (Å²) in [6, 6.07) is 5.95. The standard InChI is InChI=1S/C16H19N5O5S/c1-2-21-15-13(10-18-21)14(19-16(20-15)26-8-7-22)17-9-11-3-5-12(6-4-11)27(23,24)25/h3-6,10,22H,2,7-9H2,1H3,(H,17,19,20)(H,23,24,25). The minimum absolute atomic E-state index is 0.0717. The molecule has 0 bridgehead atoms. The first-order chi connectivity index (χ1) is 12.9. The average molecular weight is 393 g/mol. The van der Waals surface area contributed by atoms with Gasteiger partial charge in [-0.15, -0.1) is 0 Å². The first kappa shape index (κ1) is 19.0. The number of rotatable bonds is 8. The van der Waals surface area contributed by atoms with Crippen molar-refractivity contribution in [1.82, 2.24) is 19.7 Å². The maximum absolute atomic E-state index is 11.1. The van der Waals surface area contributed by atoms with Crippen molar-refractivity contribution in [2.75, 3.05) is 18.5 Å². The number of benzene rings is 1. The first-order valence-electron chi connectivity index (χ1n) is 8.20.